The zero-order valence-electron chi connectivity index (χ0n) is 26.1. The predicted molar refractivity (Wildman–Crippen MR) is 161 cm³/mol. The first-order valence-corrected chi connectivity index (χ1v) is 14.7. The summed E-state index contributed by atoms with van der Waals surface area (Å²) in [7, 11) is 3.06. The highest BCUT2D eigenvalue weighted by Crippen LogP contribution is 2.42. The minimum absolute atomic E-state index is 0.0244. The number of cyclic esters (lactones) is 1. The number of hydrogen-bond acceptors (Lipinski definition) is 9. The average molecular weight is 607 g/mol. The molecule has 4 heterocycles. The number of benzene rings is 1. The van der Waals surface area contributed by atoms with Gasteiger partial charge in [-0.2, -0.15) is 0 Å². The van der Waals surface area contributed by atoms with E-state index >= 15 is 0 Å². The molecular weight excluding hydrogens is 568 g/mol. The van der Waals surface area contributed by atoms with Crippen LogP contribution in [-0.2, 0) is 44.2 Å². The van der Waals surface area contributed by atoms with E-state index in [1.807, 2.05) is 6.92 Å². The van der Waals surface area contributed by atoms with Crippen molar-refractivity contribution in [1.29, 1.82) is 0 Å². The summed E-state index contributed by atoms with van der Waals surface area (Å²) in [6, 6.07) is 6.69. The number of rotatable bonds is 6. The third-order valence-electron chi connectivity index (χ3n) is 8.16. The molecule has 1 aromatic carbocycles. The molecule has 0 radical (unpaired) electrons. The number of likely N-dealkylation sites (N-methyl/N-ethyl adjacent to an activating group) is 2. The van der Waals surface area contributed by atoms with Crippen LogP contribution >= 0.6 is 0 Å². The quantitative estimate of drug-likeness (QED) is 0.251. The maximum Gasteiger partial charge on any atom is 0.411 e. The van der Waals surface area contributed by atoms with Crippen LogP contribution in [0.4, 0.5) is 9.59 Å². The number of aromatic hydroxyl groups is 1. The fourth-order valence-corrected chi connectivity index (χ4v) is 5.76. The lowest BCUT2D eigenvalue weighted by Gasteiger charge is -2.36. The number of amides is 2. The van der Waals surface area contributed by atoms with E-state index in [0.29, 0.717) is 23.3 Å². The van der Waals surface area contributed by atoms with Crippen LogP contribution in [0.1, 0.15) is 63.3 Å². The van der Waals surface area contributed by atoms with Crippen molar-refractivity contribution >= 4 is 29.1 Å². The third-order valence-corrected chi connectivity index (χ3v) is 8.16. The van der Waals surface area contributed by atoms with Gasteiger partial charge in [0, 0.05) is 43.7 Å². The van der Waals surface area contributed by atoms with Gasteiger partial charge >= 0.3 is 18.2 Å². The number of fused-ring (bicyclic) bond motifs is 5. The van der Waals surface area contributed by atoms with Crippen LogP contribution in [0.2, 0.25) is 0 Å². The molecule has 1 N–H and O–H groups in total. The topological polar surface area (TPSA) is 140 Å². The lowest BCUT2D eigenvalue weighted by Crippen LogP contribution is -2.49. The molecule has 12 heteroatoms. The van der Waals surface area contributed by atoms with Gasteiger partial charge in [0.25, 0.3) is 5.56 Å². The third kappa shape index (κ3) is 5.22. The average Bonchev–Trinajstić information content (AvgIpc) is 3.33. The Morgan fingerprint density at radius 1 is 1.07 bits per heavy atom. The smallest absolute Gasteiger partial charge is 0.411 e. The van der Waals surface area contributed by atoms with Gasteiger partial charge < -0.3 is 33.7 Å². The van der Waals surface area contributed by atoms with Crippen LogP contribution in [0, 0.1) is 0 Å². The molecule has 0 spiro atoms. The van der Waals surface area contributed by atoms with E-state index in [2.05, 4.69) is 0 Å². The Hall–Kier alpha value is -4.61. The molecule has 0 unspecified atom stereocenters. The highest BCUT2D eigenvalue weighted by atomic mass is 16.6. The van der Waals surface area contributed by atoms with Gasteiger partial charge in [-0.25, -0.2) is 19.4 Å². The van der Waals surface area contributed by atoms with Gasteiger partial charge in [-0.3, -0.25) is 4.79 Å². The van der Waals surface area contributed by atoms with Crippen LogP contribution in [0.25, 0.3) is 22.3 Å². The van der Waals surface area contributed by atoms with Crippen LogP contribution in [0.15, 0.2) is 29.1 Å². The fraction of sp³-hybridized carbons (Fsp3) is 0.469. The molecule has 3 aromatic rings. The Balaban J connectivity index is 1.49. The van der Waals surface area contributed by atoms with Gasteiger partial charge in [0.2, 0.25) is 5.60 Å². The molecule has 5 rings (SSSR count). The number of carbonyl (C=O) groups excluding carboxylic acids is 3. The number of ether oxygens (including phenoxy) is 3. The predicted octanol–water partition coefficient (Wildman–Crippen LogP) is 4.29. The van der Waals surface area contributed by atoms with Crippen LogP contribution in [0.5, 0.6) is 5.75 Å². The summed E-state index contributed by atoms with van der Waals surface area (Å²) in [6.07, 6.45) is -0.669. The SMILES string of the molecule is CCc1c2c(nc3ccc(O)cc13)-c1cc3c(c(=O)n1C2)COC(=O)[C@@]3(CC)OC(=O)N(C)CCN(C)C(=O)OC(C)(C)C. The van der Waals surface area contributed by atoms with Crippen molar-refractivity contribution in [1.82, 2.24) is 19.4 Å². The molecule has 234 valence electrons. The van der Waals surface area contributed by atoms with Crippen molar-refractivity contribution in [3.8, 4) is 17.1 Å². The Labute approximate surface area is 255 Å². The van der Waals surface area contributed by atoms with Gasteiger partial charge in [-0.15, -0.1) is 0 Å². The lowest BCUT2D eigenvalue weighted by atomic mass is 9.85. The van der Waals surface area contributed by atoms with Crippen LogP contribution in [-0.4, -0.2) is 75.4 Å². The molecule has 0 saturated heterocycles. The number of phenolic OH excluding ortho intramolecular Hbond substituents is 1. The molecule has 2 aromatic heterocycles. The first-order valence-electron chi connectivity index (χ1n) is 14.7. The Morgan fingerprint density at radius 2 is 1.75 bits per heavy atom. The van der Waals surface area contributed by atoms with Crippen molar-refractivity contribution in [2.45, 2.75) is 71.8 Å². The summed E-state index contributed by atoms with van der Waals surface area (Å²) in [5, 5.41) is 10.9. The second kappa shape index (κ2) is 11.1. The number of pyridine rings is 2. The van der Waals surface area contributed by atoms with Crippen molar-refractivity contribution < 1.29 is 33.7 Å². The zero-order chi connectivity index (χ0) is 32.1. The summed E-state index contributed by atoms with van der Waals surface area (Å²) in [5.74, 6) is -0.636. The second-order valence-electron chi connectivity index (χ2n) is 12.2. The summed E-state index contributed by atoms with van der Waals surface area (Å²) in [6.45, 7) is 9.27. The standard InChI is InChI=1S/C32H38N4O8/c1-8-19-20-14-18(37)10-11-24(20)33-26-21(19)16-36-25(26)15-23-22(27(36)38)17-42-28(39)32(23,9-2)44-30(41)35(7)13-12-34(6)29(40)43-31(3,4)5/h10-11,14-15,37H,8-9,12-13,16-17H2,1-7H3/t32-/m0/s1. The normalized spacial score (nSPS) is 16.9. The molecule has 2 amide bonds. The van der Waals surface area contributed by atoms with Crippen LogP contribution in [0.3, 0.4) is 0 Å². The maximum atomic E-state index is 13.9. The molecular formula is C32H38N4O8. The molecule has 2 aliphatic rings. The highest BCUT2D eigenvalue weighted by Gasteiger charge is 2.51. The van der Waals surface area contributed by atoms with Gasteiger partial charge in [0.1, 0.15) is 18.0 Å². The number of hydrogen-bond donors (Lipinski definition) is 1. The summed E-state index contributed by atoms with van der Waals surface area (Å²) in [4.78, 5) is 60.4. The molecule has 12 nitrogen and oxygen atoms in total. The highest BCUT2D eigenvalue weighted by molar-refractivity contribution is 5.90. The van der Waals surface area contributed by atoms with Crippen molar-refractivity contribution in [2.75, 3.05) is 27.2 Å². The molecule has 1 atom stereocenters. The molecule has 0 saturated carbocycles. The van der Waals surface area contributed by atoms with Crippen molar-refractivity contribution in [3.63, 3.8) is 0 Å². The van der Waals surface area contributed by atoms with E-state index < -0.39 is 29.4 Å². The minimum atomic E-state index is -1.86. The van der Waals surface area contributed by atoms with E-state index in [1.54, 1.807) is 63.6 Å². The molecule has 2 aliphatic heterocycles. The molecule has 0 bridgehead atoms. The zero-order valence-corrected chi connectivity index (χ0v) is 26.1. The van der Waals surface area contributed by atoms with Gasteiger partial charge in [-0.05, 0) is 63.4 Å². The largest absolute Gasteiger partial charge is 0.508 e. The van der Waals surface area contributed by atoms with Crippen molar-refractivity contribution in [3.05, 3.63) is 56.9 Å². The number of phenols is 1. The van der Waals surface area contributed by atoms with Gasteiger partial charge in [0.15, 0.2) is 0 Å². The van der Waals surface area contributed by atoms with Crippen molar-refractivity contribution in [2.24, 2.45) is 0 Å². The number of esters is 1. The van der Waals surface area contributed by atoms with E-state index in [4.69, 9.17) is 19.2 Å². The van der Waals surface area contributed by atoms with E-state index in [9.17, 15) is 24.3 Å². The fourth-order valence-electron chi connectivity index (χ4n) is 5.76. The maximum absolute atomic E-state index is 13.9. The summed E-state index contributed by atoms with van der Waals surface area (Å²) >= 11 is 0. The summed E-state index contributed by atoms with van der Waals surface area (Å²) in [5.41, 5.74) is 1.28. The second-order valence-corrected chi connectivity index (χ2v) is 12.2. The first kappa shape index (κ1) is 30.8. The van der Waals surface area contributed by atoms with Crippen LogP contribution < -0.4 is 5.56 Å². The van der Waals surface area contributed by atoms with Gasteiger partial charge in [-0.1, -0.05) is 13.8 Å². The molecule has 0 fully saturated rings. The Bertz CT molecular complexity index is 1740. The Kier molecular flexibility index (Phi) is 7.81. The number of carbonyl (C=O) groups is 3. The Morgan fingerprint density at radius 3 is 2.39 bits per heavy atom. The first-order chi connectivity index (χ1) is 20.7. The van der Waals surface area contributed by atoms with E-state index in [-0.39, 0.29) is 55.1 Å². The van der Waals surface area contributed by atoms with E-state index in [1.165, 1.54) is 16.8 Å². The lowest BCUT2D eigenvalue weighted by molar-refractivity contribution is -0.173. The molecule has 44 heavy (non-hydrogen) atoms. The van der Waals surface area contributed by atoms with E-state index in [0.717, 1.165) is 16.5 Å². The number of aryl methyl sites for hydroxylation is 1. The molecule has 0 aliphatic carbocycles. The number of nitrogens with zero attached hydrogens (tertiary/aromatic N) is 4. The van der Waals surface area contributed by atoms with Gasteiger partial charge in [0.05, 0.1) is 29.0 Å². The monoisotopic (exact) mass is 606 g/mol. The minimum Gasteiger partial charge on any atom is -0.508 e. The summed E-state index contributed by atoms with van der Waals surface area (Å²) < 4.78 is 18.3. The number of aromatic nitrogens is 2.